The van der Waals surface area contributed by atoms with Crippen molar-refractivity contribution in [2.75, 3.05) is 7.05 Å². The van der Waals surface area contributed by atoms with Crippen molar-refractivity contribution in [2.24, 2.45) is 5.92 Å². The highest BCUT2D eigenvalue weighted by Crippen LogP contribution is 2.25. The van der Waals surface area contributed by atoms with Crippen LogP contribution < -0.4 is 0 Å². The molecule has 1 aliphatic rings. The molecule has 3 heteroatoms. The molecule has 0 N–H and O–H groups in total. The number of likely N-dealkylation sites (tertiary alicyclic amines) is 1. The summed E-state index contributed by atoms with van der Waals surface area (Å²) in [6.45, 7) is 1.95. The lowest BCUT2D eigenvalue weighted by Gasteiger charge is -2.42. The molecule has 3 nitrogen and oxygen atoms in total. The molecule has 56 valence electrons. The monoisotopic (exact) mass is 141 g/mol. The molecule has 0 spiro atoms. The zero-order valence-electron chi connectivity index (χ0n) is 6.20. The van der Waals surface area contributed by atoms with E-state index in [1.807, 2.05) is 6.92 Å². The summed E-state index contributed by atoms with van der Waals surface area (Å²) in [5.74, 6) is 0.0575. The molecule has 1 amide bonds. The molecule has 0 bridgehead atoms. The van der Waals surface area contributed by atoms with Gasteiger partial charge in [0.1, 0.15) is 6.29 Å². The van der Waals surface area contributed by atoms with Crippen molar-refractivity contribution in [3.05, 3.63) is 0 Å². The zero-order valence-corrected chi connectivity index (χ0v) is 6.20. The fourth-order valence-electron chi connectivity index (χ4n) is 1.26. The van der Waals surface area contributed by atoms with Crippen LogP contribution in [0.25, 0.3) is 0 Å². The minimum absolute atomic E-state index is 0.0394. The van der Waals surface area contributed by atoms with Gasteiger partial charge in [-0.3, -0.25) is 4.79 Å². The maximum atomic E-state index is 10.9. The molecule has 1 aliphatic heterocycles. The number of nitrogens with zero attached hydrogens (tertiary/aromatic N) is 1. The van der Waals surface area contributed by atoms with Crippen LogP contribution in [-0.4, -0.2) is 30.2 Å². The molecule has 0 aliphatic carbocycles. The fourth-order valence-corrected chi connectivity index (χ4v) is 1.26. The minimum Gasteiger partial charge on any atom is -0.342 e. The number of amides is 1. The lowest BCUT2D eigenvalue weighted by molar-refractivity contribution is -0.153. The lowest BCUT2D eigenvalue weighted by atomic mass is 9.87. The van der Waals surface area contributed by atoms with Gasteiger partial charge in [0, 0.05) is 19.5 Å². The largest absolute Gasteiger partial charge is 0.342 e. The molecule has 0 aromatic rings. The second kappa shape index (κ2) is 2.40. The van der Waals surface area contributed by atoms with Gasteiger partial charge in [-0.25, -0.2) is 0 Å². The van der Waals surface area contributed by atoms with Crippen LogP contribution in [0.4, 0.5) is 0 Å². The second-order valence-corrected chi connectivity index (χ2v) is 2.70. The molecule has 1 fully saturated rings. The summed E-state index contributed by atoms with van der Waals surface area (Å²) >= 11 is 0. The molecular weight excluding hydrogens is 130 g/mol. The van der Waals surface area contributed by atoms with E-state index >= 15 is 0 Å². The van der Waals surface area contributed by atoms with Crippen molar-refractivity contribution < 1.29 is 9.59 Å². The predicted octanol–water partition coefficient (Wildman–Crippen LogP) is 0.0521. The quantitative estimate of drug-likeness (QED) is 0.402. The molecule has 1 rings (SSSR count). The van der Waals surface area contributed by atoms with Gasteiger partial charge in [0.25, 0.3) is 0 Å². The van der Waals surface area contributed by atoms with Crippen LogP contribution in [0.2, 0.25) is 0 Å². The summed E-state index contributed by atoms with van der Waals surface area (Å²) in [6, 6.07) is 0.248. The molecule has 10 heavy (non-hydrogen) atoms. The summed E-state index contributed by atoms with van der Waals surface area (Å²) in [5.41, 5.74) is 0. The first-order valence-electron chi connectivity index (χ1n) is 3.38. The first-order valence-corrected chi connectivity index (χ1v) is 3.38. The molecule has 0 aromatic heterocycles. The first-order chi connectivity index (χ1) is 4.68. The highest BCUT2D eigenvalue weighted by molar-refractivity contribution is 5.87. The van der Waals surface area contributed by atoms with E-state index < -0.39 is 0 Å². The van der Waals surface area contributed by atoms with Crippen molar-refractivity contribution in [3.63, 3.8) is 0 Å². The summed E-state index contributed by atoms with van der Waals surface area (Å²) in [7, 11) is 1.76. The van der Waals surface area contributed by atoms with E-state index in [2.05, 4.69) is 0 Å². The molecule has 2 atom stereocenters. The Balaban J connectivity index is 2.49. The number of hydrogen-bond acceptors (Lipinski definition) is 2. The minimum atomic E-state index is -0.0394. The molecule has 1 heterocycles. The Morgan fingerprint density at radius 1 is 1.70 bits per heavy atom. The van der Waals surface area contributed by atoms with Gasteiger partial charge in [0.15, 0.2) is 0 Å². The van der Waals surface area contributed by atoms with Crippen molar-refractivity contribution in [1.29, 1.82) is 0 Å². The normalized spacial score (nSPS) is 31.8. The van der Waals surface area contributed by atoms with E-state index in [1.54, 1.807) is 11.9 Å². The Morgan fingerprint density at radius 3 is 2.70 bits per heavy atom. The maximum absolute atomic E-state index is 10.9. The van der Waals surface area contributed by atoms with Gasteiger partial charge < -0.3 is 9.69 Å². The molecule has 0 radical (unpaired) electrons. The number of carbonyl (C=O) groups is 2. The molecule has 0 aromatic carbocycles. The summed E-state index contributed by atoms with van der Waals surface area (Å²) in [4.78, 5) is 22.6. The molecule has 2 unspecified atom stereocenters. The van der Waals surface area contributed by atoms with Crippen LogP contribution in [0, 0.1) is 5.92 Å². The molecular formula is C7H11NO2. The number of carbonyl (C=O) groups excluding carboxylic acids is 2. The number of β-lactam (4-membered cyclic amide) rings is 1. The Morgan fingerprint density at radius 2 is 2.30 bits per heavy atom. The Bertz CT molecular complexity index is 167. The van der Waals surface area contributed by atoms with E-state index in [-0.39, 0.29) is 17.9 Å². The van der Waals surface area contributed by atoms with Crippen LogP contribution in [0.3, 0.4) is 0 Å². The van der Waals surface area contributed by atoms with Gasteiger partial charge in [-0.1, -0.05) is 0 Å². The third kappa shape index (κ3) is 0.818. The lowest BCUT2D eigenvalue weighted by Crippen LogP contribution is -2.57. The summed E-state index contributed by atoms with van der Waals surface area (Å²) < 4.78 is 0. The predicted molar refractivity (Wildman–Crippen MR) is 36.4 cm³/mol. The van der Waals surface area contributed by atoms with Crippen LogP contribution in [-0.2, 0) is 9.59 Å². The first kappa shape index (κ1) is 7.25. The second-order valence-electron chi connectivity index (χ2n) is 2.70. The maximum Gasteiger partial charge on any atom is 0.228 e. The average molecular weight is 141 g/mol. The average Bonchev–Trinajstić information content (AvgIpc) is 1.98. The smallest absolute Gasteiger partial charge is 0.228 e. The Hall–Kier alpha value is -0.860. The Kier molecular flexibility index (Phi) is 1.74. The summed E-state index contributed by atoms with van der Waals surface area (Å²) in [5, 5.41) is 0. The third-order valence-electron chi connectivity index (χ3n) is 2.21. The third-order valence-corrected chi connectivity index (χ3v) is 2.21. The number of aldehydes is 1. The van der Waals surface area contributed by atoms with Gasteiger partial charge in [0.2, 0.25) is 5.91 Å². The molecule has 0 saturated carbocycles. The van der Waals surface area contributed by atoms with Gasteiger partial charge in [-0.05, 0) is 6.92 Å². The van der Waals surface area contributed by atoms with Crippen LogP contribution >= 0.6 is 0 Å². The van der Waals surface area contributed by atoms with Crippen molar-refractivity contribution in [1.82, 2.24) is 4.90 Å². The highest BCUT2D eigenvalue weighted by atomic mass is 16.2. The van der Waals surface area contributed by atoms with Crippen molar-refractivity contribution in [2.45, 2.75) is 19.4 Å². The molecule has 1 saturated heterocycles. The number of hydrogen-bond donors (Lipinski definition) is 0. The van der Waals surface area contributed by atoms with Gasteiger partial charge in [-0.15, -0.1) is 0 Å². The van der Waals surface area contributed by atoms with E-state index in [0.717, 1.165) is 6.29 Å². The van der Waals surface area contributed by atoms with E-state index in [4.69, 9.17) is 0 Å². The van der Waals surface area contributed by atoms with Crippen molar-refractivity contribution in [3.8, 4) is 0 Å². The van der Waals surface area contributed by atoms with Crippen LogP contribution in [0.1, 0.15) is 13.3 Å². The van der Waals surface area contributed by atoms with Gasteiger partial charge in [0.05, 0.1) is 5.92 Å². The van der Waals surface area contributed by atoms with E-state index in [9.17, 15) is 9.59 Å². The van der Waals surface area contributed by atoms with Crippen molar-refractivity contribution >= 4 is 12.2 Å². The Labute approximate surface area is 60.0 Å². The fraction of sp³-hybridized carbons (Fsp3) is 0.714. The van der Waals surface area contributed by atoms with Gasteiger partial charge in [-0.2, -0.15) is 0 Å². The zero-order chi connectivity index (χ0) is 7.72. The standard InChI is InChI=1S/C7H11NO2/c1-5-6(3-4-9)7(10)8(5)2/h4-6H,3H2,1-2H3. The number of rotatable bonds is 2. The SMILES string of the molecule is CC1C(CC=O)C(=O)N1C. The van der Waals surface area contributed by atoms with Gasteiger partial charge >= 0.3 is 0 Å². The van der Waals surface area contributed by atoms with Crippen LogP contribution in [0.15, 0.2) is 0 Å². The topological polar surface area (TPSA) is 37.4 Å². The van der Waals surface area contributed by atoms with E-state index in [1.165, 1.54) is 0 Å². The summed E-state index contributed by atoms with van der Waals surface area (Å²) in [6.07, 6.45) is 1.19. The highest BCUT2D eigenvalue weighted by Gasteiger charge is 2.40. The van der Waals surface area contributed by atoms with Crippen LogP contribution in [0.5, 0.6) is 0 Å². The van der Waals surface area contributed by atoms with E-state index in [0.29, 0.717) is 6.42 Å².